The lowest BCUT2D eigenvalue weighted by molar-refractivity contribution is -0.115. The number of sulfonamides is 1. The highest BCUT2D eigenvalue weighted by molar-refractivity contribution is 7.89. The van der Waals surface area contributed by atoms with Gasteiger partial charge in [-0.05, 0) is 37.1 Å². The quantitative estimate of drug-likeness (QED) is 0.592. The van der Waals surface area contributed by atoms with Gasteiger partial charge in [0, 0.05) is 25.5 Å². The highest BCUT2D eigenvalue weighted by atomic mass is 32.2. The molecule has 0 spiro atoms. The molecule has 0 atom stereocenters. The number of hydrogen-bond donors (Lipinski definition) is 1. The zero-order valence-corrected chi connectivity index (χ0v) is 19.4. The van der Waals surface area contributed by atoms with Gasteiger partial charge in [-0.2, -0.15) is 9.40 Å². The van der Waals surface area contributed by atoms with Gasteiger partial charge in [0.1, 0.15) is 5.75 Å². The predicted octanol–water partition coefficient (Wildman–Crippen LogP) is 2.30. The molecule has 1 N–H and O–H groups in total. The number of nitrogens with one attached hydrogen (secondary N) is 1. The van der Waals surface area contributed by atoms with Gasteiger partial charge in [0.15, 0.2) is 0 Å². The van der Waals surface area contributed by atoms with Crippen LogP contribution in [0.2, 0.25) is 0 Å². The van der Waals surface area contributed by atoms with E-state index in [1.807, 2.05) is 0 Å². The fourth-order valence-corrected chi connectivity index (χ4v) is 5.60. The van der Waals surface area contributed by atoms with Crippen LogP contribution in [0.4, 0.5) is 5.69 Å². The Labute approximate surface area is 192 Å². The Morgan fingerprint density at radius 3 is 2.48 bits per heavy atom. The van der Waals surface area contributed by atoms with Crippen molar-refractivity contribution in [1.82, 2.24) is 14.1 Å². The van der Waals surface area contributed by atoms with Gasteiger partial charge < -0.3 is 10.1 Å². The van der Waals surface area contributed by atoms with Crippen LogP contribution in [-0.2, 0) is 28.3 Å². The summed E-state index contributed by atoms with van der Waals surface area (Å²) < 4.78 is 34.1. The number of carbonyl (C=O) groups excluding carboxylic acids is 1. The molecule has 2 aromatic carbocycles. The molecule has 3 aromatic rings. The van der Waals surface area contributed by atoms with Gasteiger partial charge in [-0.1, -0.05) is 24.6 Å². The topological polar surface area (TPSA) is 111 Å². The fourth-order valence-electron chi connectivity index (χ4n) is 4.05. The molecule has 33 heavy (non-hydrogen) atoms. The first-order chi connectivity index (χ1) is 15.8. The number of anilines is 1. The molecule has 2 heterocycles. The third-order valence-corrected chi connectivity index (χ3v) is 7.65. The van der Waals surface area contributed by atoms with Crippen LogP contribution in [0.15, 0.2) is 52.2 Å². The molecule has 0 radical (unpaired) electrons. The van der Waals surface area contributed by atoms with Gasteiger partial charge in [-0.25, -0.2) is 13.1 Å². The van der Waals surface area contributed by atoms with Crippen molar-refractivity contribution < 1.29 is 17.9 Å². The molecule has 0 aliphatic carbocycles. The normalized spacial score (nSPS) is 14.8. The third-order valence-electron chi connectivity index (χ3n) is 5.76. The lowest BCUT2D eigenvalue weighted by atomic mass is 10.1. The van der Waals surface area contributed by atoms with Crippen LogP contribution in [0.1, 0.15) is 25.0 Å². The summed E-state index contributed by atoms with van der Waals surface area (Å²) in [7, 11) is -0.681. The van der Waals surface area contributed by atoms with E-state index in [0.29, 0.717) is 35.3 Å². The molecule has 1 aliphatic rings. The monoisotopic (exact) mass is 470 g/mol. The summed E-state index contributed by atoms with van der Waals surface area (Å²) in [5, 5.41) is 8.08. The molecule has 1 amide bonds. The van der Waals surface area contributed by atoms with Crippen LogP contribution in [0.25, 0.3) is 10.8 Å². The maximum atomic E-state index is 13.1. The SMILES string of the molecule is COc1ccc(S(=O)(=O)N2CCCCC2)cc1NC(=O)Cc1nn(C)c(=O)c2ccccc12. The van der Waals surface area contributed by atoms with Crippen LogP contribution < -0.4 is 15.6 Å². The van der Waals surface area contributed by atoms with Crippen molar-refractivity contribution in [2.45, 2.75) is 30.6 Å². The maximum absolute atomic E-state index is 13.1. The van der Waals surface area contributed by atoms with E-state index in [9.17, 15) is 18.0 Å². The molecule has 1 aliphatic heterocycles. The first kappa shape index (κ1) is 22.9. The molecule has 0 saturated carbocycles. The zero-order chi connectivity index (χ0) is 23.6. The molecule has 1 aromatic heterocycles. The largest absolute Gasteiger partial charge is 0.495 e. The van der Waals surface area contributed by atoms with Gasteiger partial charge >= 0.3 is 0 Å². The molecule has 1 fully saturated rings. The van der Waals surface area contributed by atoms with E-state index >= 15 is 0 Å². The van der Waals surface area contributed by atoms with Crippen LogP contribution >= 0.6 is 0 Å². The predicted molar refractivity (Wildman–Crippen MR) is 125 cm³/mol. The third kappa shape index (κ3) is 4.62. The first-order valence-corrected chi connectivity index (χ1v) is 12.2. The second-order valence-corrected chi connectivity index (χ2v) is 9.91. The minimum absolute atomic E-state index is 0.0963. The van der Waals surface area contributed by atoms with Crippen LogP contribution in [0.3, 0.4) is 0 Å². The average Bonchev–Trinajstić information content (AvgIpc) is 2.83. The average molecular weight is 471 g/mol. The number of rotatable bonds is 6. The Morgan fingerprint density at radius 2 is 1.79 bits per heavy atom. The molecule has 0 unspecified atom stereocenters. The van der Waals surface area contributed by atoms with Gasteiger partial charge in [0.05, 0.1) is 35.2 Å². The second kappa shape index (κ2) is 9.32. The number of amides is 1. The smallest absolute Gasteiger partial charge is 0.274 e. The Morgan fingerprint density at radius 1 is 1.09 bits per heavy atom. The Kier molecular flexibility index (Phi) is 6.48. The number of aryl methyl sites for hydroxylation is 1. The van der Waals surface area contributed by atoms with Crippen LogP contribution in [0, 0.1) is 0 Å². The highest BCUT2D eigenvalue weighted by Gasteiger charge is 2.27. The summed E-state index contributed by atoms with van der Waals surface area (Å²) >= 11 is 0. The highest BCUT2D eigenvalue weighted by Crippen LogP contribution is 2.30. The van der Waals surface area contributed by atoms with E-state index in [2.05, 4.69) is 10.4 Å². The second-order valence-electron chi connectivity index (χ2n) is 7.97. The number of benzene rings is 2. The molecular weight excluding hydrogens is 444 g/mol. The Bertz CT molecular complexity index is 1360. The summed E-state index contributed by atoms with van der Waals surface area (Å²) in [6.07, 6.45) is 2.59. The van der Waals surface area contributed by atoms with E-state index < -0.39 is 15.9 Å². The van der Waals surface area contributed by atoms with Crippen LogP contribution in [0.5, 0.6) is 5.75 Å². The number of ether oxygens (including phenoxy) is 1. The van der Waals surface area contributed by atoms with Gasteiger partial charge in [0.25, 0.3) is 5.56 Å². The lowest BCUT2D eigenvalue weighted by Gasteiger charge is -2.26. The number of nitrogens with zero attached hydrogens (tertiary/aromatic N) is 3. The number of fused-ring (bicyclic) bond motifs is 1. The number of carbonyl (C=O) groups is 1. The van der Waals surface area contributed by atoms with Gasteiger partial charge in [0.2, 0.25) is 15.9 Å². The van der Waals surface area contributed by atoms with Crippen molar-refractivity contribution >= 4 is 32.4 Å². The summed E-state index contributed by atoms with van der Waals surface area (Å²) in [5.41, 5.74) is 0.461. The van der Waals surface area contributed by atoms with Crippen molar-refractivity contribution in [3.05, 3.63) is 58.5 Å². The molecule has 10 heteroatoms. The van der Waals surface area contributed by atoms with E-state index in [0.717, 1.165) is 19.3 Å². The van der Waals surface area contributed by atoms with Crippen molar-refractivity contribution in [2.75, 3.05) is 25.5 Å². The molecule has 1 saturated heterocycles. The standard InChI is InChI=1S/C23H26N4O5S/c1-26-23(29)18-9-5-4-8-17(18)19(25-26)15-22(28)24-20-14-16(10-11-21(20)32-2)33(30,31)27-12-6-3-7-13-27/h4-5,8-11,14H,3,6-7,12-13,15H2,1-2H3,(H,24,28). The van der Waals surface area contributed by atoms with Gasteiger partial charge in [-0.3, -0.25) is 9.59 Å². The molecule has 4 rings (SSSR count). The summed E-state index contributed by atoms with van der Waals surface area (Å²) in [6.45, 7) is 0.975. The van der Waals surface area contributed by atoms with Crippen molar-refractivity contribution in [3.63, 3.8) is 0 Å². The fraction of sp³-hybridized carbons (Fsp3) is 0.348. The number of piperidine rings is 1. The number of methoxy groups -OCH3 is 1. The Hall–Kier alpha value is -3.24. The van der Waals surface area contributed by atoms with E-state index in [1.54, 1.807) is 24.3 Å². The summed E-state index contributed by atoms with van der Waals surface area (Å²) in [6, 6.07) is 11.4. The van der Waals surface area contributed by atoms with E-state index in [1.165, 1.54) is 41.3 Å². The van der Waals surface area contributed by atoms with Crippen molar-refractivity contribution in [1.29, 1.82) is 0 Å². The van der Waals surface area contributed by atoms with E-state index in [4.69, 9.17) is 4.74 Å². The minimum Gasteiger partial charge on any atom is -0.495 e. The number of hydrogen-bond acceptors (Lipinski definition) is 6. The zero-order valence-electron chi connectivity index (χ0n) is 18.6. The van der Waals surface area contributed by atoms with Crippen LogP contribution in [-0.4, -0.2) is 48.6 Å². The molecule has 0 bridgehead atoms. The maximum Gasteiger partial charge on any atom is 0.274 e. The minimum atomic E-state index is -3.67. The molecule has 9 nitrogen and oxygen atoms in total. The van der Waals surface area contributed by atoms with E-state index in [-0.39, 0.29) is 22.6 Å². The summed E-state index contributed by atoms with van der Waals surface area (Å²) in [4.78, 5) is 25.3. The molecular formula is C23H26N4O5S. The van der Waals surface area contributed by atoms with Gasteiger partial charge in [-0.15, -0.1) is 0 Å². The van der Waals surface area contributed by atoms with Crippen molar-refractivity contribution in [3.8, 4) is 5.75 Å². The molecule has 174 valence electrons. The number of aromatic nitrogens is 2. The first-order valence-electron chi connectivity index (χ1n) is 10.7. The summed E-state index contributed by atoms with van der Waals surface area (Å²) in [5.74, 6) is -0.0589. The lowest BCUT2D eigenvalue weighted by Crippen LogP contribution is -2.35. The van der Waals surface area contributed by atoms with Crippen molar-refractivity contribution in [2.24, 2.45) is 7.05 Å². The Balaban J connectivity index is 1.62.